The molecule has 3 heterocycles. The number of unbranched alkanes of at least 4 members (excludes halogenated alkanes) is 11. The number of thiophene rings is 2. The summed E-state index contributed by atoms with van der Waals surface area (Å²) in [5.74, 6) is 0.845. The van der Waals surface area contributed by atoms with Crippen molar-refractivity contribution in [3.63, 3.8) is 0 Å². The predicted molar refractivity (Wildman–Crippen MR) is 191 cm³/mol. The minimum atomic E-state index is -2.07. The van der Waals surface area contributed by atoms with E-state index in [1.54, 1.807) is 30.9 Å². The number of hydrogen-bond donors (Lipinski definition) is 0. The number of rotatable bonds is 20. The zero-order chi connectivity index (χ0) is 29.1. The van der Waals surface area contributed by atoms with Crippen LogP contribution in [0.4, 0.5) is 0 Å². The summed E-state index contributed by atoms with van der Waals surface area (Å²) in [7, 11) is -2.07. The fraction of sp³-hybridized carbons (Fsp3) is 0.632. The van der Waals surface area contributed by atoms with Crippen molar-refractivity contribution in [2.75, 3.05) is 0 Å². The van der Waals surface area contributed by atoms with E-state index in [1.807, 2.05) is 0 Å². The Labute approximate surface area is 262 Å². The molecule has 226 valence electrons. The molecule has 2 aromatic heterocycles. The predicted octanol–water partition coefficient (Wildman–Crippen LogP) is 11.3. The van der Waals surface area contributed by atoms with E-state index < -0.39 is 8.07 Å². The lowest BCUT2D eigenvalue weighted by atomic mass is 9.96. The van der Waals surface area contributed by atoms with Gasteiger partial charge in [0.15, 0.2) is 8.07 Å². The van der Waals surface area contributed by atoms with Gasteiger partial charge in [-0.15, -0.1) is 22.7 Å². The van der Waals surface area contributed by atoms with Crippen molar-refractivity contribution in [3.05, 3.63) is 51.7 Å². The highest BCUT2D eigenvalue weighted by molar-refractivity contribution is 7.31. The van der Waals surface area contributed by atoms with Crippen molar-refractivity contribution in [1.29, 1.82) is 0 Å². The first-order valence-electron chi connectivity index (χ1n) is 17.3. The Bertz CT molecular complexity index is 1120. The van der Waals surface area contributed by atoms with E-state index in [1.165, 1.54) is 125 Å². The summed E-state index contributed by atoms with van der Waals surface area (Å²) in [5.41, 5.74) is 1.54. The topological polar surface area (TPSA) is 0 Å². The molecule has 0 amide bonds. The highest BCUT2D eigenvalue weighted by Gasteiger charge is 2.50. The van der Waals surface area contributed by atoms with Gasteiger partial charge in [0.05, 0.1) is 0 Å². The van der Waals surface area contributed by atoms with Crippen LogP contribution in [0.15, 0.2) is 36.4 Å². The van der Waals surface area contributed by atoms with Gasteiger partial charge in [-0.25, -0.2) is 0 Å². The van der Waals surface area contributed by atoms with E-state index >= 15 is 0 Å². The summed E-state index contributed by atoms with van der Waals surface area (Å²) in [5, 5.41) is 5.21. The quantitative estimate of drug-likeness (QED) is 0.0886. The van der Waals surface area contributed by atoms with Crippen LogP contribution in [0, 0.1) is 19.8 Å². The minimum absolute atomic E-state index is 0.845. The van der Waals surface area contributed by atoms with Gasteiger partial charge in [-0.05, 0) is 71.9 Å². The van der Waals surface area contributed by atoms with Crippen LogP contribution in [-0.2, 0) is 6.42 Å². The number of benzene rings is 1. The number of fused-ring (bicyclic) bond motifs is 3. The maximum absolute atomic E-state index is 2.63. The molecule has 0 radical (unpaired) electrons. The molecular weight excluding hydrogens is 549 g/mol. The monoisotopic (exact) mass is 606 g/mol. The minimum Gasteiger partial charge on any atom is -0.140 e. The molecule has 0 fully saturated rings. The van der Waals surface area contributed by atoms with Crippen LogP contribution in [0.25, 0.3) is 9.75 Å². The maximum Gasteiger partial charge on any atom is 0.152 e. The second-order valence-corrected chi connectivity index (χ2v) is 19.5. The Morgan fingerprint density at radius 3 is 1.59 bits per heavy atom. The molecule has 0 saturated carbocycles. The van der Waals surface area contributed by atoms with Crippen LogP contribution in [0.5, 0.6) is 0 Å². The van der Waals surface area contributed by atoms with Gasteiger partial charge in [0, 0.05) is 19.5 Å². The molecule has 4 rings (SSSR count). The molecule has 0 spiro atoms. The van der Waals surface area contributed by atoms with Crippen molar-refractivity contribution < 1.29 is 0 Å². The van der Waals surface area contributed by atoms with Gasteiger partial charge in [0.2, 0.25) is 0 Å². The molecular formula is C38H58S2Si. The van der Waals surface area contributed by atoms with Crippen molar-refractivity contribution >= 4 is 46.3 Å². The van der Waals surface area contributed by atoms with Crippen molar-refractivity contribution in [2.45, 2.75) is 150 Å². The van der Waals surface area contributed by atoms with E-state index in [0.29, 0.717) is 0 Å². The van der Waals surface area contributed by atoms with Gasteiger partial charge in [0.1, 0.15) is 0 Å². The first kappa shape index (κ1) is 32.7. The first-order chi connectivity index (χ1) is 20.0. The molecule has 1 atom stereocenters. The van der Waals surface area contributed by atoms with Gasteiger partial charge in [-0.3, -0.25) is 0 Å². The molecule has 0 bridgehead atoms. The van der Waals surface area contributed by atoms with E-state index in [-0.39, 0.29) is 0 Å². The van der Waals surface area contributed by atoms with Crippen molar-refractivity contribution in [3.8, 4) is 9.75 Å². The lowest BCUT2D eigenvalue weighted by Crippen LogP contribution is -2.65. The maximum atomic E-state index is 2.63. The highest BCUT2D eigenvalue weighted by Crippen LogP contribution is 2.42. The Morgan fingerprint density at radius 1 is 0.585 bits per heavy atom. The van der Waals surface area contributed by atoms with Crippen LogP contribution in [0.2, 0.25) is 6.04 Å². The lowest BCUT2D eigenvalue weighted by Gasteiger charge is -2.34. The van der Waals surface area contributed by atoms with Gasteiger partial charge >= 0.3 is 0 Å². The third-order valence-corrected chi connectivity index (χ3v) is 17.4. The lowest BCUT2D eigenvalue weighted by molar-refractivity contribution is 0.431. The Hall–Kier alpha value is -1.16. The van der Waals surface area contributed by atoms with E-state index in [0.717, 1.165) is 5.92 Å². The fourth-order valence-corrected chi connectivity index (χ4v) is 16.6. The third-order valence-electron chi connectivity index (χ3n) is 9.63. The van der Waals surface area contributed by atoms with Crippen LogP contribution in [0.3, 0.4) is 0 Å². The molecule has 0 aliphatic carbocycles. The van der Waals surface area contributed by atoms with Gasteiger partial charge in [0.25, 0.3) is 0 Å². The Morgan fingerprint density at radius 2 is 1.05 bits per heavy atom. The van der Waals surface area contributed by atoms with E-state index in [9.17, 15) is 0 Å². The average Bonchev–Trinajstić information content (AvgIpc) is 3.61. The molecule has 3 heteroatoms. The van der Waals surface area contributed by atoms with Crippen LogP contribution in [-0.4, -0.2) is 8.07 Å². The molecule has 3 aromatic rings. The summed E-state index contributed by atoms with van der Waals surface area (Å²) in [6.07, 6.45) is 23.5. The summed E-state index contributed by atoms with van der Waals surface area (Å²) in [6, 6.07) is 16.9. The number of hydrogen-bond acceptors (Lipinski definition) is 2. The van der Waals surface area contributed by atoms with Gasteiger partial charge < -0.3 is 0 Å². The largest absolute Gasteiger partial charge is 0.152 e. The normalized spacial score (nSPS) is 14.4. The zero-order valence-electron chi connectivity index (χ0n) is 27.1. The smallest absolute Gasteiger partial charge is 0.140 e. The molecule has 1 aromatic carbocycles. The van der Waals surface area contributed by atoms with E-state index in [2.05, 4.69) is 93.7 Å². The molecule has 1 aliphatic heterocycles. The molecule has 1 unspecified atom stereocenters. The Balaban J connectivity index is 1.66. The zero-order valence-corrected chi connectivity index (χ0v) is 29.7. The van der Waals surface area contributed by atoms with Crippen LogP contribution < -0.4 is 15.6 Å². The summed E-state index contributed by atoms with van der Waals surface area (Å²) < 4.78 is 0. The second kappa shape index (κ2) is 16.6. The SMILES string of the molecule is CCCCCCCCC(CCCCCC)C[Si]1(c2ccc(CCCCCC)cc2)c2cc(C)sc2-c2sc(C)cc21. The van der Waals surface area contributed by atoms with Gasteiger partial charge in [-0.1, -0.05) is 141 Å². The molecule has 0 N–H and O–H groups in total. The highest BCUT2D eigenvalue weighted by atomic mass is 32.1. The van der Waals surface area contributed by atoms with Gasteiger partial charge in [-0.2, -0.15) is 0 Å². The second-order valence-electron chi connectivity index (χ2n) is 13.1. The summed E-state index contributed by atoms with van der Waals surface area (Å²) in [6.45, 7) is 11.7. The van der Waals surface area contributed by atoms with E-state index in [4.69, 9.17) is 0 Å². The average molecular weight is 607 g/mol. The Kier molecular flexibility index (Phi) is 13.3. The molecule has 0 nitrogen and oxygen atoms in total. The number of aryl methyl sites for hydroxylation is 3. The standard InChI is InChI=1S/C38H58S2Si/c1-6-9-12-15-16-19-22-33(21-18-14-11-8-3)29-41(34-25-23-32(24-26-34)20-17-13-10-7-2)35-27-30(4)39-37(35)38-36(41)28-31(5)40-38/h23-28,33H,6-22,29H2,1-5H3. The van der Waals surface area contributed by atoms with Crippen molar-refractivity contribution in [2.24, 2.45) is 5.92 Å². The third kappa shape index (κ3) is 8.27. The fourth-order valence-electron chi connectivity index (χ4n) is 7.36. The first-order valence-corrected chi connectivity index (χ1v) is 21.2. The molecule has 0 saturated heterocycles. The summed E-state index contributed by atoms with van der Waals surface area (Å²) in [4.78, 5) is 6.28. The van der Waals surface area contributed by atoms with Crippen molar-refractivity contribution in [1.82, 2.24) is 0 Å². The molecule has 1 aliphatic rings. The van der Waals surface area contributed by atoms with Crippen LogP contribution >= 0.6 is 22.7 Å². The van der Waals surface area contributed by atoms with Crippen LogP contribution in [0.1, 0.15) is 139 Å². The summed E-state index contributed by atoms with van der Waals surface area (Å²) >= 11 is 4.15. The molecule has 41 heavy (non-hydrogen) atoms.